The summed E-state index contributed by atoms with van der Waals surface area (Å²) in [5, 5.41) is 0. The molecule has 0 fully saturated rings. The molecular weight excluding hydrogens is 148 g/mol. The van der Waals surface area contributed by atoms with Crippen LogP contribution in [0.25, 0.3) is 0 Å². The molecule has 0 amide bonds. The molecule has 1 nitrogen and oxygen atoms in total. The van der Waals surface area contributed by atoms with Crippen molar-refractivity contribution in [2.24, 2.45) is 5.50 Å². The lowest BCUT2D eigenvalue weighted by atomic mass is 10.2. The van der Waals surface area contributed by atoms with E-state index >= 15 is 0 Å². The second-order valence-electron chi connectivity index (χ2n) is 2.41. The fraction of sp³-hybridized carbons (Fsp3) is 1.00. The van der Waals surface area contributed by atoms with Crippen molar-refractivity contribution in [3.05, 3.63) is 0 Å². The zero-order chi connectivity index (χ0) is 7.66. The molecule has 0 aromatic carbocycles. The van der Waals surface area contributed by atoms with Gasteiger partial charge >= 0.3 is 0 Å². The van der Waals surface area contributed by atoms with Crippen LogP contribution in [0, 0.1) is 0 Å². The Kier molecular flexibility index (Phi) is 9.62. The zero-order valence-corrected chi connectivity index (χ0v) is 7.41. The third kappa shape index (κ3) is 8.32. The van der Waals surface area contributed by atoms with E-state index in [1.807, 2.05) is 0 Å². The van der Waals surface area contributed by atoms with Crippen molar-refractivity contribution in [1.82, 2.24) is 0 Å². The van der Waals surface area contributed by atoms with Gasteiger partial charge in [-0.25, -0.2) is 0 Å². The molecule has 0 rings (SSSR count). The van der Waals surface area contributed by atoms with E-state index in [0.29, 0.717) is 8.73 Å². The van der Waals surface area contributed by atoms with Crippen LogP contribution in [0.3, 0.4) is 0 Å². The average molecular weight is 165 g/mol. The van der Waals surface area contributed by atoms with Crippen molar-refractivity contribution in [2.45, 2.75) is 32.1 Å². The third-order valence-corrected chi connectivity index (χ3v) is 2.10. The molecule has 0 saturated carbocycles. The highest BCUT2D eigenvalue weighted by molar-refractivity contribution is 7.35. The van der Waals surface area contributed by atoms with Gasteiger partial charge in [-0.2, -0.15) is 0 Å². The van der Waals surface area contributed by atoms with Crippen LogP contribution in [0.1, 0.15) is 32.1 Å². The fourth-order valence-corrected chi connectivity index (χ4v) is 1.31. The Morgan fingerprint density at radius 2 is 1.60 bits per heavy atom. The molecule has 62 valence electrons. The molecule has 0 aromatic rings. The summed E-state index contributed by atoms with van der Waals surface area (Å²) in [6.07, 6.45) is 6.56. The van der Waals surface area contributed by atoms with Crippen LogP contribution in [0.2, 0.25) is 0 Å². The molecule has 0 aliphatic heterocycles. The Morgan fingerprint density at radius 3 is 2.20 bits per heavy atom. The summed E-state index contributed by atoms with van der Waals surface area (Å²) in [5.74, 6) is 0. The zero-order valence-electron chi connectivity index (χ0n) is 6.41. The smallest absolute Gasteiger partial charge is 0.0894 e. The number of alkyl halides is 1. The predicted octanol–water partition coefficient (Wildman–Crippen LogP) is 2.46. The van der Waals surface area contributed by atoms with Crippen LogP contribution < -0.4 is 5.50 Å². The summed E-state index contributed by atoms with van der Waals surface area (Å²) in [6, 6.07) is 0. The van der Waals surface area contributed by atoms with Gasteiger partial charge in [0.05, 0.1) is 6.67 Å². The Bertz CT molecular complexity index is 53.6. The molecule has 1 unspecified atom stereocenters. The molecule has 0 spiro atoms. The largest absolute Gasteiger partial charge is 0.312 e. The van der Waals surface area contributed by atoms with Crippen LogP contribution in [-0.4, -0.2) is 12.8 Å². The van der Waals surface area contributed by atoms with E-state index in [4.69, 9.17) is 5.50 Å². The van der Waals surface area contributed by atoms with E-state index in [2.05, 4.69) is 0 Å². The van der Waals surface area contributed by atoms with E-state index in [0.717, 1.165) is 19.0 Å². The van der Waals surface area contributed by atoms with Crippen molar-refractivity contribution < 1.29 is 4.39 Å². The summed E-state index contributed by atoms with van der Waals surface area (Å²) in [5.41, 5.74) is 5.34. The maximum absolute atomic E-state index is 11.5. The summed E-state index contributed by atoms with van der Waals surface area (Å²) in [6.45, 7) is -0.154. The Morgan fingerprint density at radius 1 is 1.00 bits per heavy atom. The lowest BCUT2D eigenvalue weighted by molar-refractivity contribution is 0.452. The molecule has 1 atom stereocenters. The average Bonchev–Trinajstić information content (AvgIpc) is 1.97. The quantitative estimate of drug-likeness (QED) is 0.455. The fourth-order valence-electron chi connectivity index (χ4n) is 0.852. The monoisotopic (exact) mass is 165 g/mol. The first-order valence-corrected chi connectivity index (χ1v) is 5.19. The van der Waals surface area contributed by atoms with Crippen LogP contribution >= 0.6 is 8.73 Å². The Balaban J connectivity index is 2.65. The number of unbranched alkanes of at least 4 members (excludes halogenated alkanes) is 4. The van der Waals surface area contributed by atoms with Gasteiger partial charge in [-0.3, -0.25) is 4.39 Å². The third-order valence-electron chi connectivity index (χ3n) is 1.45. The minimum Gasteiger partial charge on any atom is -0.312 e. The molecule has 0 radical (unpaired) electrons. The number of halogens is 1. The molecule has 2 N–H and O–H groups in total. The minimum absolute atomic E-state index is 0.154. The highest BCUT2D eigenvalue weighted by atomic mass is 31.1. The normalized spacial score (nSPS) is 11.4. The minimum atomic E-state index is -0.154. The maximum atomic E-state index is 11.5. The Labute approximate surface area is 64.4 Å². The summed E-state index contributed by atoms with van der Waals surface area (Å²) in [7, 11) is 0.596. The van der Waals surface area contributed by atoms with Gasteiger partial charge in [-0.1, -0.05) is 28.0 Å². The van der Waals surface area contributed by atoms with Crippen molar-refractivity contribution in [3.63, 3.8) is 0 Å². The van der Waals surface area contributed by atoms with Gasteiger partial charge in [0, 0.05) is 0 Å². The molecule has 10 heavy (non-hydrogen) atoms. The predicted molar refractivity (Wildman–Crippen MR) is 46.4 cm³/mol. The van der Waals surface area contributed by atoms with Gasteiger partial charge < -0.3 is 5.50 Å². The first-order valence-electron chi connectivity index (χ1n) is 3.91. The number of hydrogen-bond acceptors (Lipinski definition) is 1. The standard InChI is InChI=1S/C7H17FNP/c8-6-4-2-1-3-5-7-10-9/h10H,1-7,9H2. The SMILES string of the molecule is NPCCCCCCCF. The van der Waals surface area contributed by atoms with Gasteiger partial charge in [-0.05, 0) is 19.0 Å². The molecule has 0 aliphatic rings. The van der Waals surface area contributed by atoms with E-state index < -0.39 is 0 Å². The van der Waals surface area contributed by atoms with Gasteiger partial charge in [0.2, 0.25) is 0 Å². The molecule has 0 aliphatic carbocycles. The summed E-state index contributed by atoms with van der Waals surface area (Å²) < 4.78 is 11.5. The molecule has 0 aromatic heterocycles. The lowest BCUT2D eigenvalue weighted by Gasteiger charge is -1.97. The van der Waals surface area contributed by atoms with Crippen molar-refractivity contribution in [3.8, 4) is 0 Å². The van der Waals surface area contributed by atoms with Crippen LogP contribution in [0.4, 0.5) is 4.39 Å². The summed E-state index contributed by atoms with van der Waals surface area (Å²) >= 11 is 0. The molecule has 3 heteroatoms. The van der Waals surface area contributed by atoms with Crippen LogP contribution in [0.5, 0.6) is 0 Å². The van der Waals surface area contributed by atoms with Crippen molar-refractivity contribution >= 4 is 8.73 Å². The first-order chi connectivity index (χ1) is 4.91. The topological polar surface area (TPSA) is 26.0 Å². The van der Waals surface area contributed by atoms with E-state index in [-0.39, 0.29) is 6.67 Å². The van der Waals surface area contributed by atoms with Crippen LogP contribution in [0.15, 0.2) is 0 Å². The molecule has 0 heterocycles. The van der Waals surface area contributed by atoms with Gasteiger partial charge in [0.15, 0.2) is 0 Å². The summed E-state index contributed by atoms with van der Waals surface area (Å²) in [4.78, 5) is 0. The van der Waals surface area contributed by atoms with Gasteiger partial charge in [0.25, 0.3) is 0 Å². The highest BCUT2D eigenvalue weighted by Crippen LogP contribution is 2.07. The van der Waals surface area contributed by atoms with E-state index in [1.54, 1.807) is 0 Å². The van der Waals surface area contributed by atoms with Gasteiger partial charge in [0.1, 0.15) is 0 Å². The maximum Gasteiger partial charge on any atom is 0.0894 e. The lowest BCUT2D eigenvalue weighted by Crippen LogP contribution is -1.84. The first kappa shape index (κ1) is 10.3. The molecular formula is C7H17FNP. The second kappa shape index (κ2) is 9.32. The van der Waals surface area contributed by atoms with E-state index in [1.165, 1.54) is 19.3 Å². The highest BCUT2D eigenvalue weighted by Gasteiger charge is 1.88. The van der Waals surface area contributed by atoms with E-state index in [9.17, 15) is 4.39 Å². The van der Waals surface area contributed by atoms with Gasteiger partial charge in [-0.15, -0.1) is 0 Å². The number of rotatable bonds is 7. The Hall–Kier alpha value is 0.320. The van der Waals surface area contributed by atoms with Crippen LogP contribution in [-0.2, 0) is 0 Å². The van der Waals surface area contributed by atoms with Crippen molar-refractivity contribution in [1.29, 1.82) is 0 Å². The second-order valence-corrected chi connectivity index (χ2v) is 3.32. The molecule has 0 bridgehead atoms. The van der Waals surface area contributed by atoms with Crippen molar-refractivity contribution in [2.75, 3.05) is 12.8 Å². The number of nitrogens with two attached hydrogens (primary N) is 1. The number of hydrogen-bond donors (Lipinski definition) is 1. The molecule has 0 saturated heterocycles.